The van der Waals surface area contributed by atoms with E-state index in [1.54, 1.807) is 4.90 Å². The molecule has 0 heterocycles. The van der Waals surface area contributed by atoms with Crippen LogP contribution in [-0.2, 0) is 4.79 Å². The van der Waals surface area contributed by atoms with Gasteiger partial charge in [0.1, 0.15) is 0 Å². The average molecular weight is 282 g/mol. The van der Waals surface area contributed by atoms with Crippen LogP contribution in [0.3, 0.4) is 0 Å². The van der Waals surface area contributed by atoms with Crippen LogP contribution in [0, 0.1) is 11.3 Å². The van der Waals surface area contributed by atoms with E-state index >= 15 is 0 Å². The average Bonchev–Trinajstić information content (AvgIpc) is 3.17. The first-order valence-electron chi connectivity index (χ1n) is 7.59. The van der Waals surface area contributed by atoms with Crippen LogP contribution in [0.5, 0.6) is 0 Å². The van der Waals surface area contributed by atoms with Gasteiger partial charge in [0.2, 0.25) is 0 Å². The second-order valence-corrected chi connectivity index (χ2v) is 6.78. The number of hydrogen-bond acceptors (Lipinski definition) is 2. The largest absolute Gasteiger partial charge is 0.481 e. The van der Waals surface area contributed by atoms with Gasteiger partial charge in [-0.2, -0.15) is 0 Å². The zero-order valence-electron chi connectivity index (χ0n) is 12.7. The molecule has 0 spiro atoms. The van der Waals surface area contributed by atoms with Crippen LogP contribution in [0.25, 0.3) is 0 Å². The normalized spacial score (nSPS) is 29.4. The van der Waals surface area contributed by atoms with Gasteiger partial charge < -0.3 is 15.3 Å². The lowest BCUT2D eigenvalue weighted by Crippen LogP contribution is -2.49. The van der Waals surface area contributed by atoms with Gasteiger partial charge in [-0.25, -0.2) is 4.79 Å². The zero-order chi connectivity index (χ0) is 14.9. The molecule has 5 heteroatoms. The molecule has 2 aliphatic rings. The molecule has 0 bridgehead atoms. The third kappa shape index (κ3) is 3.25. The smallest absolute Gasteiger partial charge is 0.317 e. The van der Waals surface area contributed by atoms with Gasteiger partial charge in [-0.3, -0.25) is 4.79 Å². The van der Waals surface area contributed by atoms with Crippen LogP contribution < -0.4 is 5.32 Å². The van der Waals surface area contributed by atoms with Crippen molar-refractivity contribution >= 4 is 12.0 Å². The van der Waals surface area contributed by atoms with Crippen molar-refractivity contribution in [1.29, 1.82) is 0 Å². The SMILES string of the molecule is CC(N(C)C(=O)NC1CCC(C(=O)O)CC1)C1(C)CC1. The monoisotopic (exact) mass is 282 g/mol. The fourth-order valence-corrected chi connectivity index (χ4v) is 3.02. The number of amides is 2. The fourth-order valence-electron chi connectivity index (χ4n) is 3.02. The molecule has 0 aliphatic heterocycles. The number of rotatable bonds is 4. The zero-order valence-corrected chi connectivity index (χ0v) is 12.7. The lowest BCUT2D eigenvalue weighted by atomic mass is 9.86. The first-order chi connectivity index (χ1) is 9.33. The molecule has 114 valence electrons. The molecule has 2 saturated carbocycles. The number of carbonyl (C=O) groups is 2. The molecule has 20 heavy (non-hydrogen) atoms. The van der Waals surface area contributed by atoms with Gasteiger partial charge in [0.15, 0.2) is 0 Å². The molecule has 0 radical (unpaired) electrons. The van der Waals surface area contributed by atoms with Crippen LogP contribution >= 0.6 is 0 Å². The van der Waals surface area contributed by atoms with Crippen molar-refractivity contribution in [3.63, 3.8) is 0 Å². The van der Waals surface area contributed by atoms with E-state index in [9.17, 15) is 9.59 Å². The summed E-state index contributed by atoms with van der Waals surface area (Å²) in [6, 6.07) is 0.349. The lowest BCUT2D eigenvalue weighted by Gasteiger charge is -2.33. The minimum Gasteiger partial charge on any atom is -0.481 e. The number of nitrogens with one attached hydrogen (secondary N) is 1. The van der Waals surface area contributed by atoms with Gasteiger partial charge in [0.05, 0.1) is 5.92 Å². The van der Waals surface area contributed by atoms with Crippen LogP contribution in [0.2, 0.25) is 0 Å². The molecule has 0 aromatic carbocycles. The molecular formula is C15H26N2O3. The number of carbonyl (C=O) groups excluding carboxylic acids is 1. The first-order valence-corrected chi connectivity index (χ1v) is 7.59. The molecule has 1 unspecified atom stereocenters. The highest BCUT2D eigenvalue weighted by atomic mass is 16.4. The third-order valence-electron chi connectivity index (χ3n) is 5.35. The molecular weight excluding hydrogens is 256 g/mol. The Bertz CT molecular complexity index is 385. The van der Waals surface area contributed by atoms with Crippen LogP contribution in [0.4, 0.5) is 4.79 Å². The van der Waals surface area contributed by atoms with Gasteiger partial charge in [-0.15, -0.1) is 0 Å². The van der Waals surface area contributed by atoms with Gasteiger partial charge in [0.25, 0.3) is 0 Å². The predicted octanol–water partition coefficient (Wildman–Crippen LogP) is 2.46. The Morgan fingerprint density at radius 3 is 2.25 bits per heavy atom. The maximum absolute atomic E-state index is 12.2. The van der Waals surface area contributed by atoms with Crippen molar-refractivity contribution in [2.24, 2.45) is 11.3 Å². The Hall–Kier alpha value is -1.26. The third-order valence-corrected chi connectivity index (χ3v) is 5.35. The first kappa shape index (κ1) is 15.1. The van der Waals surface area contributed by atoms with Crippen molar-refractivity contribution < 1.29 is 14.7 Å². The maximum Gasteiger partial charge on any atom is 0.317 e. The molecule has 0 saturated heterocycles. The molecule has 2 amide bonds. The van der Waals surface area contributed by atoms with E-state index < -0.39 is 5.97 Å². The van der Waals surface area contributed by atoms with Crippen molar-refractivity contribution in [2.45, 2.75) is 64.5 Å². The molecule has 2 fully saturated rings. The van der Waals surface area contributed by atoms with Crippen molar-refractivity contribution in [2.75, 3.05) is 7.05 Å². The molecule has 5 nitrogen and oxygen atoms in total. The van der Waals surface area contributed by atoms with Gasteiger partial charge in [-0.1, -0.05) is 6.92 Å². The number of aliphatic carboxylic acids is 1. The Morgan fingerprint density at radius 1 is 1.25 bits per heavy atom. The quantitative estimate of drug-likeness (QED) is 0.832. The molecule has 0 aromatic heterocycles. The van der Waals surface area contributed by atoms with Crippen LogP contribution in [-0.4, -0.2) is 41.1 Å². The summed E-state index contributed by atoms with van der Waals surface area (Å²) in [6.45, 7) is 4.33. The van der Waals surface area contributed by atoms with Crippen molar-refractivity contribution in [1.82, 2.24) is 10.2 Å². The van der Waals surface area contributed by atoms with E-state index in [0.29, 0.717) is 12.8 Å². The second-order valence-electron chi connectivity index (χ2n) is 6.78. The standard InChI is InChI=1S/C15H26N2O3/c1-10(15(2)8-9-15)17(3)14(20)16-12-6-4-11(5-7-12)13(18)19/h10-12H,4-9H2,1-3H3,(H,16,20)(H,18,19). The van der Waals surface area contributed by atoms with E-state index in [0.717, 1.165) is 12.8 Å². The maximum atomic E-state index is 12.2. The number of hydrogen-bond donors (Lipinski definition) is 2. The van der Waals surface area contributed by atoms with Crippen molar-refractivity contribution in [3.05, 3.63) is 0 Å². The minimum atomic E-state index is -0.706. The summed E-state index contributed by atoms with van der Waals surface area (Å²) in [5, 5.41) is 12.0. The molecule has 0 aromatic rings. The molecule has 2 rings (SSSR count). The summed E-state index contributed by atoms with van der Waals surface area (Å²) in [4.78, 5) is 24.9. The van der Waals surface area contributed by atoms with Gasteiger partial charge in [0, 0.05) is 19.1 Å². The highest BCUT2D eigenvalue weighted by Gasteiger charge is 2.45. The number of carboxylic acid groups (broad SMARTS) is 1. The molecule has 2 N–H and O–H groups in total. The van der Waals surface area contributed by atoms with Gasteiger partial charge in [-0.05, 0) is 50.9 Å². The van der Waals surface area contributed by atoms with E-state index in [1.165, 1.54) is 12.8 Å². The van der Waals surface area contributed by atoms with Crippen LogP contribution in [0.1, 0.15) is 52.4 Å². The number of nitrogens with zero attached hydrogens (tertiary/aromatic N) is 1. The minimum absolute atomic E-state index is 0.0237. The van der Waals surface area contributed by atoms with E-state index in [1.807, 2.05) is 7.05 Å². The Balaban J connectivity index is 1.79. The van der Waals surface area contributed by atoms with E-state index in [4.69, 9.17) is 5.11 Å². The predicted molar refractivity (Wildman–Crippen MR) is 76.5 cm³/mol. The summed E-state index contributed by atoms with van der Waals surface area (Å²) in [7, 11) is 1.85. The lowest BCUT2D eigenvalue weighted by molar-refractivity contribution is -0.142. The number of carboxylic acids is 1. The summed E-state index contributed by atoms with van der Waals surface area (Å²) in [5.74, 6) is -0.938. The second kappa shape index (κ2) is 5.62. The van der Waals surface area contributed by atoms with E-state index in [-0.39, 0.29) is 29.4 Å². The van der Waals surface area contributed by atoms with Crippen LogP contribution in [0.15, 0.2) is 0 Å². The van der Waals surface area contributed by atoms with Crippen molar-refractivity contribution in [3.8, 4) is 0 Å². The van der Waals surface area contributed by atoms with E-state index in [2.05, 4.69) is 19.2 Å². The summed E-state index contributed by atoms with van der Waals surface area (Å²) in [6.07, 6.45) is 5.24. The summed E-state index contributed by atoms with van der Waals surface area (Å²) < 4.78 is 0. The molecule has 2 aliphatic carbocycles. The van der Waals surface area contributed by atoms with Gasteiger partial charge >= 0.3 is 12.0 Å². The Morgan fingerprint density at radius 2 is 1.80 bits per heavy atom. The molecule has 1 atom stereocenters. The number of urea groups is 1. The fraction of sp³-hybridized carbons (Fsp3) is 0.867. The Labute approximate surface area is 120 Å². The topological polar surface area (TPSA) is 69.6 Å². The Kier molecular flexibility index (Phi) is 4.25. The highest BCUT2D eigenvalue weighted by molar-refractivity contribution is 5.75. The summed E-state index contributed by atoms with van der Waals surface area (Å²) >= 11 is 0. The highest BCUT2D eigenvalue weighted by Crippen LogP contribution is 2.49. The summed E-state index contributed by atoms with van der Waals surface area (Å²) in [5.41, 5.74) is 0.285.